The second-order valence-corrected chi connectivity index (χ2v) is 4.55. The fourth-order valence-electron chi connectivity index (χ4n) is 2.05. The Bertz CT molecular complexity index is 669. The molecule has 9 nitrogen and oxygen atoms in total. The third-order valence-electron chi connectivity index (χ3n) is 3.04. The fraction of sp³-hybridized carbons (Fsp3) is 0.556. The number of nitrogens with zero attached hydrogens (tertiary/aromatic N) is 4. The van der Waals surface area contributed by atoms with Crippen LogP contribution in [0.5, 0.6) is 0 Å². The van der Waals surface area contributed by atoms with Crippen LogP contribution in [0, 0.1) is 4.64 Å². The molecule has 12 heteroatoms. The number of H-pyrrole nitrogens is 1. The average Bonchev–Trinajstić information content (AvgIpc) is 2.94. The first kappa shape index (κ1) is 18.9. The number of rotatable bonds is 2. The quantitative estimate of drug-likeness (QED) is 0.313. The third kappa shape index (κ3) is 3.14. The van der Waals surface area contributed by atoms with E-state index in [-0.39, 0.29) is 46.6 Å². The van der Waals surface area contributed by atoms with E-state index in [2.05, 4.69) is 20.3 Å². The molecule has 4 N–H and O–H groups in total. The maximum Gasteiger partial charge on any atom is 1.00 e. The zero-order chi connectivity index (χ0) is 13.6. The molecule has 0 spiro atoms. The minimum absolute atomic E-state index is 0. The Morgan fingerprint density at radius 1 is 1.38 bits per heavy atom. The van der Waals surface area contributed by atoms with Crippen LogP contribution in [0.1, 0.15) is 6.23 Å². The number of hydrogen-bond acceptors (Lipinski definition) is 8. The molecule has 110 valence electrons. The van der Waals surface area contributed by atoms with Crippen LogP contribution in [0.3, 0.4) is 0 Å². The van der Waals surface area contributed by atoms with Gasteiger partial charge in [0.25, 0.3) is 0 Å². The van der Waals surface area contributed by atoms with Gasteiger partial charge in [0, 0.05) is 0 Å². The van der Waals surface area contributed by atoms with E-state index >= 15 is 0 Å². The van der Waals surface area contributed by atoms with Crippen LogP contribution in [0.15, 0.2) is 6.33 Å². The molecule has 0 amide bonds. The molecule has 1 saturated heterocycles. The van der Waals surface area contributed by atoms with Gasteiger partial charge in [0.2, 0.25) is 0 Å². The number of aliphatic hydroxyl groups is 3. The monoisotopic (exact) mass is 343 g/mol. The van der Waals surface area contributed by atoms with Crippen LogP contribution in [0.2, 0.25) is 0 Å². The molecule has 4 unspecified atom stereocenters. The van der Waals surface area contributed by atoms with Crippen molar-refractivity contribution in [1.82, 2.24) is 25.0 Å². The molecule has 3 rings (SSSR count). The van der Waals surface area contributed by atoms with E-state index < -0.39 is 31.1 Å². The second kappa shape index (κ2) is 7.40. The standard InChI is InChI=1S/C9H11N5O4S.ClH.Na/c15-1-3-5(16)6(17)9(18-3)14-7-4(12-13-14)8(19)11-2-10-7;;/h2-3,5-6,9,15-17H,1H2,(H,10,11,19);1H;/q;;+1/p-1. The van der Waals surface area contributed by atoms with E-state index in [4.69, 9.17) is 22.1 Å². The molecule has 0 bridgehead atoms. The van der Waals surface area contributed by atoms with Crippen LogP contribution in [-0.2, 0) is 4.74 Å². The number of halogens is 1. The van der Waals surface area contributed by atoms with Gasteiger partial charge in [0.05, 0.1) is 12.9 Å². The predicted octanol–water partition coefficient (Wildman–Crippen LogP) is -7.50. The van der Waals surface area contributed by atoms with E-state index in [9.17, 15) is 10.2 Å². The molecule has 3 heterocycles. The van der Waals surface area contributed by atoms with Crippen molar-refractivity contribution in [2.75, 3.05) is 6.61 Å². The molecule has 4 atom stereocenters. The van der Waals surface area contributed by atoms with Crippen LogP contribution in [0.4, 0.5) is 0 Å². The Kier molecular flexibility index (Phi) is 6.65. The first-order chi connectivity index (χ1) is 9.13. The molecular formula is C9H11ClN5NaO4S. The van der Waals surface area contributed by atoms with Crippen molar-refractivity contribution in [2.24, 2.45) is 0 Å². The Hall–Kier alpha value is -0.170. The molecule has 1 aliphatic rings. The van der Waals surface area contributed by atoms with Gasteiger partial charge in [-0.3, -0.25) is 0 Å². The van der Waals surface area contributed by atoms with Crippen molar-refractivity contribution in [3.05, 3.63) is 11.0 Å². The second-order valence-electron chi connectivity index (χ2n) is 4.17. The summed E-state index contributed by atoms with van der Waals surface area (Å²) < 4.78 is 6.91. The van der Waals surface area contributed by atoms with E-state index in [1.165, 1.54) is 11.0 Å². The molecule has 0 aromatic carbocycles. The van der Waals surface area contributed by atoms with Gasteiger partial charge in [-0.15, -0.1) is 5.10 Å². The van der Waals surface area contributed by atoms with Crippen LogP contribution in [0.25, 0.3) is 11.2 Å². The minimum atomic E-state index is -1.22. The van der Waals surface area contributed by atoms with Gasteiger partial charge in [-0.05, 0) is 0 Å². The maximum absolute atomic E-state index is 9.93. The first-order valence-corrected chi connectivity index (χ1v) is 5.95. The number of nitrogens with one attached hydrogen (secondary N) is 1. The number of hydrogen-bond donors (Lipinski definition) is 4. The summed E-state index contributed by atoms with van der Waals surface area (Å²) in [6.07, 6.45) is -2.86. The van der Waals surface area contributed by atoms with Gasteiger partial charge >= 0.3 is 29.6 Å². The smallest absolute Gasteiger partial charge is 1.00 e. The van der Waals surface area contributed by atoms with Crippen LogP contribution < -0.4 is 42.0 Å². The predicted molar refractivity (Wildman–Crippen MR) is 63.5 cm³/mol. The van der Waals surface area contributed by atoms with Crippen molar-refractivity contribution < 1.29 is 62.0 Å². The minimum Gasteiger partial charge on any atom is -1.00 e. The molecule has 2 aromatic rings. The van der Waals surface area contributed by atoms with Crippen LogP contribution >= 0.6 is 12.2 Å². The van der Waals surface area contributed by atoms with Crippen LogP contribution in [-0.4, -0.2) is 65.2 Å². The van der Waals surface area contributed by atoms with Crippen molar-refractivity contribution in [3.8, 4) is 0 Å². The zero-order valence-corrected chi connectivity index (χ0v) is 14.5. The van der Waals surface area contributed by atoms with Gasteiger partial charge in [-0.1, -0.05) is 17.4 Å². The summed E-state index contributed by atoms with van der Waals surface area (Å²) in [7, 11) is 0. The molecule has 1 fully saturated rings. The summed E-state index contributed by atoms with van der Waals surface area (Å²) in [6, 6.07) is 0. The van der Waals surface area contributed by atoms with E-state index in [0.29, 0.717) is 11.2 Å². The summed E-state index contributed by atoms with van der Waals surface area (Å²) in [5, 5.41) is 36.4. The number of aliphatic hydroxyl groups excluding tert-OH is 3. The number of aromatic amines is 1. The summed E-state index contributed by atoms with van der Waals surface area (Å²) in [4.78, 5) is 6.67. The van der Waals surface area contributed by atoms with Gasteiger partial charge in [0.15, 0.2) is 22.0 Å². The first-order valence-electron chi connectivity index (χ1n) is 5.54. The van der Waals surface area contributed by atoms with Crippen molar-refractivity contribution in [3.63, 3.8) is 0 Å². The Labute approximate surface area is 152 Å². The largest absolute Gasteiger partial charge is 1.00 e. The normalized spacial score (nSPS) is 28.1. The Morgan fingerprint density at radius 3 is 2.71 bits per heavy atom. The molecule has 21 heavy (non-hydrogen) atoms. The summed E-state index contributed by atoms with van der Waals surface area (Å²) in [5.74, 6) is 0. The van der Waals surface area contributed by atoms with Gasteiger partial charge in [-0.2, -0.15) is 4.68 Å². The Balaban J connectivity index is 0.00000110. The molecule has 0 aliphatic carbocycles. The van der Waals surface area contributed by atoms with Gasteiger partial charge in [-0.25, -0.2) is 4.98 Å². The third-order valence-corrected chi connectivity index (χ3v) is 3.34. The van der Waals surface area contributed by atoms with Gasteiger partial charge < -0.3 is 37.4 Å². The Morgan fingerprint density at radius 2 is 2.10 bits per heavy atom. The van der Waals surface area contributed by atoms with Crippen molar-refractivity contribution in [2.45, 2.75) is 24.5 Å². The summed E-state index contributed by atoms with van der Waals surface area (Å²) in [6.45, 7) is -0.404. The maximum atomic E-state index is 9.93. The number of aromatic nitrogens is 5. The summed E-state index contributed by atoms with van der Waals surface area (Å²) >= 11 is 5.00. The van der Waals surface area contributed by atoms with Crippen molar-refractivity contribution >= 4 is 23.4 Å². The SMILES string of the molecule is OCC1OC(n2nnc3c(=S)nc[nH]c32)C(O)C1O.[Cl-].[Na+]. The average molecular weight is 344 g/mol. The van der Waals surface area contributed by atoms with E-state index in [1.54, 1.807) is 0 Å². The molecule has 0 radical (unpaired) electrons. The van der Waals surface area contributed by atoms with E-state index in [0.717, 1.165) is 0 Å². The number of ether oxygens (including phenoxy) is 1. The topological polar surface area (TPSA) is 129 Å². The summed E-state index contributed by atoms with van der Waals surface area (Å²) in [5.41, 5.74) is 0.796. The zero-order valence-electron chi connectivity index (χ0n) is 10.9. The van der Waals surface area contributed by atoms with E-state index in [1.807, 2.05) is 0 Å². The number of fused-ring (bicyclic) bond motifs is 1. The fourth-order valence-corrected chi connectivity index (χ4v) is 2.24. The van der Waals surface area contributed by atoms with Crippen molar-refractivity contribution in [1.29, 1.82) is 0 Å². The molecule has 2 aromatic heterocycles. The molecule has 0 saturated carbocycles. The van der Waals surface area contributed by atoms with Gasteiger partial charge in [0.1, 0.15) is 18.3 Å². The molecule has 1 aliphatic heterocycles. The molecular weight excluding hydrogens is 333 g/mol.